The predicted molar refractivity (Wildman–Crippen MR) is 67.9 cm³/mol. The maximum Gasteiger partial charge on any atom is 0.0560 e. The second-order valence-electron chi connectivity index (χ2n) is 3.74. The fourth-order valence-electron chi connectivity index (χ4n) is 1.47. The number of halogens is 1. The second-order valence-corrected chi connectivity index (χ2v) is 5.17. The SMILES string of the molecule is CC(Cn1cccn1)NCc1cc(Cl)cs1. The van der Waals surface area contributed by atoms with Gasteiger partial charge in [0.25, 0.3) is 0 Å². The maximum absolute atomic E-state index is 5.86. The topological polar surface area (TPSA) is 29.9 Å². The van der Waals surface area contributed by atoms with Crippen LogP contribution in [-0.2, 0) is 13.1 Å². The molecule has 2 heterocycles. The largest absolute Gasteiger partial charge is 0.308 e. The van der Waals surface area contributed by atoms with Crippen LogP contribution in [0.25, 0.3) is 0 Å². The van der Waals surface area contributed by atoms with Crippen molar-refractivity contribution in [3.05, 3.63) is 39.8 Å². The summed E-state index contributed by atoms with van der Waals surface area (Å²) < 4.78 is 1.93. The molecule has 2 aromatic heterocycles. The van der Waals surface area contributed by atoms with Gasteiger partial charge in [-0.05, 0) is 19.1 Å². The van der Waals surface area contributed by atoms with Crippen molar-refractivity contribution in [1.29, 1.82) is 0 Å². The zero-order valence-electron chi connectivity index (χ0n) is 9.06. The predicted octanol–water partition coefficient (Wildman–Crippen LogP) is 2.78. The molecule has 1 unspecified atom stereocenters. The van der Waals surface area contributed by atoms with Gasteiger partial charge in [-0.25, -0.2) is 0 Å². The van der Waals surface area contributed by atoms with Crippen molar-refractivity contribution in [2.24, 2.45) is 0 Å². The third-order valence-corrected chi connectivity index (χ3v) is 3.55. The Labute approximate surface area is 104 Å². The first-order valence-corrected chi connectivity index (χ1v) is 6.43. The average Bonchev–Trinajstić information content (AvgIpc) is 2.87. The lowest BCUT2D eigenvalue weighted by atomic mass is 10.3. The maximum atomic E-state index is 5.86. The van der Waals surface area contributed by atoms with Crippen LogP contribution in [0.4, 0.5) is 0 Å². The van der Waals surface area contributed by atoms with Gasteiger partial charge in [0.2, 0.25) is 0 Å². The lowest BCUT2D eigenvalue weighted by Crippen LogP contribution is -2.29. The summed E-state index contributed by atoms with van der Waals surface area (Å²) in [5.74, 6) is 0. The summed E-state index contributed by atoms with van der Waals surface area (Å²) in [6, 6.07) is 4.33. The minimum atomic E-state index is 0.390. The minimum absolute atomic E-state index is 0.390. The monoisotopic (exact) mass is 255 g/mol. The summed E-state index contributed by atoms with van der Waals surface area (Å²) in [4.78, 5) is 1.26. The number of hydrogen-bond donors (Lipinski definition) is 1. The summed E-state index contributed by atoms with van der Waals surface area (Å²) in [5, 5.41) is 10.4. The van der Waals surface area contributed by atoms with Crippen LogP contribution in [0.15, 0.2) is 29.9 Å². The summed E-state index contributed by atoms with van der Waals surface area (Å²) >= 11 is 7.54. The molecule has 0 spiro atoms. The number of nitrogens with one attached hydrogen (secondary N) is 1. The van der Waals surface area contributed by atoms with E-state index in [1.807, 2.05) is 28.4 Å². The Kier molecular flexibility index (Phi) is 3.98. The molecule has 2 rings (SSSR count). The van der Waals surface area contributed by atoms with Crippen LogP contribution in [0, 0.1) is 0 Å². The molecule has 2 aromatic rings. The van der Waals surface area contributed by atoms with Crippen molar-refractivity contribution >= 4 is 22.9 Å². The van der Waals surface area contributed by atoms with Crippen LogP contribution in [-0.4, -0.2) is 15.8 Å². The lowest BCUT2D eigenvalue weighted by Gasteiger charge is -2.12. The molecule has 0 aliphatic rings. The molecular formula is C11H14ClN3S. The Morgan fingerprint density at radius 1 is 1.62 bits per heavy atom. The number of rotatable bonds is 5. The van der Waals surface area contributed by atoms with Crippen molar-refractivity contribution in [3.63, 3.8) is 0 Å². The van der Waals surface area contributed by atoms with Gasteiger partial charge in [-0.3, -0.25) is 4.68 Å². The number of hydrogen-bond acceptors (Lipinski definition) is 3. The summed E-state index contributed by atoms with van der Waals surface area (Å²) in [5.41, 5.74) is 0. The summed E-state index contributed by atoms with van der Waals surface area (Å²) in [7, 11) is 0. The molecule has 5 heteroatoms. The Morgan fingerprint density at radius 2 is 2.50 bits per heavy atom. The van der Waals surface area contributed by atoms with E-state index in [2.05, 4.69) is 17.3 Å². The molecule has 3 nitrogen and oxygen atoms in total. The number of thiophene rings is 1. The Morgan fingerprint density at radius 3 is 3.12 bits per heavy atom. The van der Waals surface area contributed by atoms with Gasteiger partial charge < -0.3 is 5.32 Å². The molecule has 0 amide bonds. The molecule has 16 heavy (non-hydrogen) atoms. The van der Waals surface area contributed by atoms with Crippen molar-refractivity contribution < 1.29 is 0 Å². The number of nitrogens with zero attached hydrogens (tertiary/aromatic N) is 2. The summed E-state index contributed by atoms with van der Waals surface area (Å²) in [6.07, 6.45) is 3.77. The third-order valence-electron chi connectivity index (χ3n) is 2.27. The van der Waals surface area contributed by atoms with Gasteiger partial charge >= 0.3 is 0 Å². The fourth-order valence-corrected chi connectivity index (χ4v) is 2.50. The van der Waals surface area contributed by atoms with Crippen molar-refractivity contribution in [2.45, 2.75) is 26.1 Å². The molecule has 0 bridgehead atoms. The van der Waals surface area contributed by atoms with E-state index in [4.69, 9.17) is 11.6 Å². The van der Waals surface area contributed by atoms with E-state index in [0.29, 0.717) is 6.04 Å². The highest BCUT2D eigenvalue weighted by Crippen LogP contribution is 2.18. The first kappa shape index (κ1) is 11.6. The molecule has 0 radical (unpaired) electrons. The van der Waals surface area contributed by atoms with E-state index in [1.165, 1.54) is 4.88 Å². The molecule has 0 saturated carbocycles. The zero-order chi connectivity index (χ0) is 11.4. The standard InChI is InChI=1S/C11H14ClN3S/c1-9(7-15-4-2-3-14-15)13-6-11-5-10(12)8-16-11/h2-5,8-9,13H,6-7H2,1H3. The highest BCUT2D eigenvalue weighted by Gasteiger charge is 2.04. The van der Waals surface area contributed by atoms with E-state index in [1.54, 1.807) is 17.5 Å². The van der Waals surface area contributed by atoms with Gasteiger partial charge in [0.05, 0.1) is 11.6 Å². The molecule has 86 valence electrons. The Balaban J connectivity index is 1.77. The third kappa shape index (κ3) is 3.33. The van der Waals surface area contributed by atoms with E-state index >= 15 is 0 Å². The Hall–Kier alpha value is -0.840. The van der Waals surface area contributed by atoms with Crippen LogP contribution in [0.3, 0.4) is 0 Å². The van der Waals surface area contributed by atoms with Crippen molar-refractivity contribution in [1.82, 2.24) is 15.1 Å². The molecule has 1 atom stereocenters. The smallest absolute Gasteiger partial charge is 0.0560 e. The van der Waals surface area contributed by atoms with E-state index in [0.717, 1.165) is 18.1 Å². The van der Waals surface area contributed by atoms with Gasteiger partial charge in [-0.15, -0.1) is 11.3 Å². The molecule has 0 aromatic carbocycles. The average molecular weight is 256 g/mol. The van der Waals surface area contributed by atoms with Gasteiger partial charge in [0.1, 0.15) is 0 Å². The highest BCUT2D eigenvalue weighted by atomic mass is 35.5. The highest BCUT2D eigenvalue weighted by molar-refractivity contribution is 7.10. The van der Waals surface area contributed by atoms with Gasteiger partial charge in [0, 0.05) is 35.2 Å². The van der Waals surface area contributed by atoms with Gasteiger partial charge in [-0.1, -0.05) is 11.6 Å². The van der Waals surface area contributed by atoms with Crippen LogP contribution >= 0.6 is 22.9 Å². The van der Waals surface area contributed by atoms with E-state index in [-0.39, 0.29) is 0 Å². The summed E-state index contributed by atoms with van der Waals surface area (Å²) in [6.45, 7) is 3.89. The minimum Gasteiger partial charge on any atom is -0.308 e. The van der Waals surface area contributed by atoms with Crippen molar-refractivity contribution in [3.8, 4) is 0 Å². The first-order valence-electron chi connectivity index (χ1n) is 5.18. The van der Waals surface area contributed by atoms with Crippen molar-refractivity contribution in [2.75, 3.05) is 0 Å². The molecule has 0 aliphatic heterocycles. The van der Waals surface area contributed by atoms with Crippen LogP contribution in [0.5, 0.6) is 0 Å². The quantitative estimate of drug-likeness (QED) is 0.891. The second kappa shape index (κ2) is 5.48. The van der Waals surface area contributed by atoms with Crippen LogP contribution in [0.1, 0.15) is 11.8 Å². The molecule has 0 fully saturated rings. The molecule has 1 N–H and O–H groups in total. The molecule has 0 saturated heterocycles. The molecular weight excluding hydrogens is 242 g/mol. The normalized spacial score (nSPS) is 12.9. The van der Waals surface area contributed by atoms with Crippen LogP contribution in [0.2, 0.25) is 5.02 Å². The van der Waals surface area contributed by atoms with Gasteiger partial charge in [0.15, 0.2) is 0 Å². The van der Waals surface area contributed by atoms with E-state index < -0.39 is 0 Å². The fraction of sp³-hybridized carbons (Fsp3) is 0.364. The van der Waals surface area contributed by atoms with E-state index in [9.17, 15) is 0 Å². The number of aromatic nitrogens is 2. The molecule has 0 aliphatic carbocycles. The Bertz CT molecular complexity index is 424. The lowest BCUT2D eigenvalue weighted by molar-refractivity contribution is 0.452. The van der Waals surface area contributed by atoms with Crippen LogP contribution < -0.4 is 5.32 Å². The zero-order valence-corrected chi connectivity index (χ0v) is 10.6. The first-order chi connectivity index (χ1) is 7.74. The van der Waals surface area contributed by atoms with Gasteiger partial charge in [-0.2, -0.15) is 5.10 Å².